The molecule has 1 amide bonds. The van der Waals surface area contributed by atoms with Gasteiger partial charge in [-0.25, -0.2) is 0 Å². The number of hydrogen-bond acceptors (Lipinski definition) is 3. The van der Waals surface area contributed by atoms with Crippen molar-refractivity contribution in [3.05, 3.63) is 18.0 Å². The quantitative estimate of drug-likeness (QED) is 0.660. The second-order valence-electron chi connectivity index (χ2n) is 5.13. The number of amides is 1. The van der Waals surface area contributed by atoms with Crippen LogP contribution in [0.4, 0.5) is 5.69 Å². The van der Waals surface area contributed by atoms with E-state index in [0.717, 1.165) is 19.4 Å². The summed E-state index contributed by atoms with van der Waals surface area (Å²) in [6.45, 7) is 1.43. The van der Waals surface area contributed by atoms with Crippen LogP contribution >= 0.6 is 0 Å². The van der Waals surface area contributed by atoms with Crippen molar-refractivity contribution in [2.24, 2.45) is 11.8 Å². The summed E-state index contributed by atoms with van der Waals surface area (Å²) >= 11 is 0. The highest BCUT2D eigenvalue weighted by Gasteiger charge is 2.43. The Kier molecular flexibility index (Phi) is 2.36. The van der Waals surface area contributed by atoms with Gasteiger partial charge in [0, 0.05) is 30.9 Å². The number of anilines is 1. The van der Waals surface area contributed by atoms with Crippen LogP contribution in [0.2, 0.25) is 0 Å². The zero-order valence-electron chi connectivity index (χ0n) is 9.60. The number of nitrogens with one attached hydrogen (secondary N) is 1. The number of carbonyl (C=O) groups excluding carboxylic acids is 1. The normalized spacial score (nSPS) is 31.8. The number of hydrogen-bond donors (Lipinski definition) is 3. The Hall–Kier alpha value is -1.49. The number of carbonyl (C=O) groups is 1. The highest BCUT2D eigenvalue weighted by molar-refractivity contribution is 5.93. The lowest BCUT2D eigenvalue weighted by Crippen LogP contribution is -2.31. The maximum Gasteiger partial charge on any atom is 0.270 e. The molecule has 3 unspecified atom stereocenters. The molecule has 1 aliphatic carbocycles. The SMILES string of the molecule is Nc1c[nH]c(C(=O)N2CC3CCC(O)C3C2)c1. The van der Waals surface area contributed by atoms with E-state index in [2.05, 4.69) is 4.98 Å². The van der Waals surface area contributed by atoms with Crippen molar-refractivity contribution < 1.29 is 9.90 Å². The van der Waals surface area contributed by atoms with E-state index in [1.807, 2.05) is 4.90 Å². The number of aromatic amines is 1. The van der Waals surface area contributed by atoms with Crippen molar-refractivity contribution in [1.29, 1.82) is 0 Å². The lowest BCUT2D eigenvalue weighted by atomic mass is 10.00. The van der Waals surface area contributed by atoms with Crippen LogP contribution in [0, 0.1) is 11.8 Å². The van der Waals surface area contributed by atoms with Gasteiger partial charge in [-0.05, 0) is 24.8 Å². The molecule has 0 spiro atoms. The third-order valence-electron chi connectivity index (χ3n) is 4.04. The first-order chi connectivity index (χ1) is 8.15. The van der Waals surface area contributed by atoms with E-state index >= 15 is 0 Å². The molecule has 1 aliphatic heterocycles. The molecular formula is C12H17N3O2. The predicted octanol–water partition coefficient (Wildman–Crippen LogP) is 0.440. The average Bonchev–Trinajstić information content (AvgIpc) is 2.96. The molecule has 3 atom stereocenters. The second kappa shape index (κ2) is 3.77. The highest BCUT2D eigenvalue weighted by atomic mass is 16.3. The maximum atomic E-state index is 12.2. The first kappa shape index (κ1) is 10.7. The molecule has 1 saturated heterocycles. The molecule has 0 bridgehead atoms. The zero-order valence-corrected chi connectivity index (χ0v) is 9.60. The van der Waals surface area contributed by atoms with Crippen LogP contribution < -0.4 is 5.73 Å². The lowest BCUT2D eigenvalue weighted by Gasteiger charge is -2.17. The number of aliphatic hydroxyl groups is 1. The Labute approximate surface area is 99.6 Å². The van der Waals surface area contributed by atoms with Gasteiger partial charge >= 0.3 is 0 Å². The largest absolute Gasteiger partial charge is 0.397 e. The molecule has 1 aromatic heterocycles. The lowest BCUT2D eigenvalue weighted by molar-refractivity contribution is 0.0747. The van der Waals surface area contributed by atoms with E-state index in [-0.39, 0.29) is 17.9 Å². The highest BCUT2D eigenvalue weighted by Crippen LogP contribution is 2.38. The van der Waals surface area contributed by atoms with Crippen molar-refractivity contribution in [2.75, 3.05) is 18.8 Å². The summed E-state index contributed by atoms with van der Waals surface area (Å²) in [5, 5.41) is 9.81. The Bertz CT molecular complexity index is 443. The molecule has 5 heteroatoms. The van der Waals surface area contributed by atoms with Gasteiger partial charge in [0.2, 0.25) is 0 Å². The fraction of sp³-hybridized carbons (Fsp3) is 0.583. The van der Waals surface area contributed by atoms with Crippen molar-refractivity contribution in [3.8, 4) is 0 Å². The molecule has 0 aromatic carbocycles. The van der Waals surface area contributed by atoms with Gasteiger partial charge in [-0.2, -0.15) is 0 Å². The number of aliphatic hydroxyl groups excluding tert-OH is 1. The van der Waals surface area contributed by atoms with E-state index in [1.165, 1.54) is 0 Å². The summed E-state index contributed by atoms with van der Waals surface area (Å²) in [6.07, 6.45) is 3.31. The predicted molar refractivity (Wildman–Crippen MR) is 63.3 cm³/mol. The molecular weight excluding hydrogens is 218 g/mol. The number of nitrogen functional groups attached to an aromatic ring is 1. The molecule has 5 nitrogen and oxygen atoms in total. The van der Waals surface area contributed by atoms with Gasteiger partial charge in [0.15, 0.2) is 0 Å². The average molecular weight is 235 g/mol. The second-order valence-corrected chi connectivity index (χ2v) is 5.13. The first-order valence-electron chi connectivity index (χ1n) is 6.06. The summed E-state index contributed by atoms with van der Waals surface area (Å²) in [6, 6.07) is 1.66. The van der Waals surface area contributed by atoms with E-state index in [0.29, 0.717) is 23.8 Å². The van der Waals surface area contributed by atoms with Crippen molar-refractivity contribution >= 4 is 11.6 Å². The van der Waals surface area contributed by atoms with Gasteiger partial charge in [0.1, 0.15) is 5.69 Å². The van der Waals surface area contributed by atoms with E-state index in [9.17, 15) is 9.90 Å². The fourth-order valence-electron chi connectivity index (χ4n) is 3.11. The molecule has 2 aliphatic rings. The summed E-state index contributed by atoms with van der Waals surface area (Å²) in [4.78, 5) is 16.9. The van der Waals surface area contributed by atoms with E-state index < -0.39 is 0 Å². The van der Waals surface area contributed by atoms with Crippen molar-refractivity contribution in [1.82, 2.24) is 9.88 Å². The monoisotopic (exact) mass is 235 g/mol. The minimum Gasteiger partial charge on any atom is -0.397 e. The van der Waals surface area contributed by atoms with Crippen LogP contribution in [0.1, 0.15) is 23.3 Å². The summed E-state index contributed by atoms with van der Waals surface area (Å²) in [5.74, 6) is 0.732. The molecule has 2 fully saturated rings. The molecule has 4 N–H and O–H groups in total. The van der Waals surface area contributed by atoms with Crippen molar-refractivity contribution in [3.63, 3.8) is 0 Å². The number of rotatable bonds is 1. The Morgan fingerprint density at radius 3 is 2.94 bits per heavy atom. The topological polar surface area (TPSA) is 82.4 Å². The third kappa shape index (κ3) is 1.70. The van der Waals surface area contributed by atoms with Gasteiger partial charge in [0.25, 0.3) is 5.91 Å². The van der Waals surface area contributed by atoms with Crippen LogP contribution in [0.5, 0.6) is 0 Å². The molecule has 1 saturated carbocycles. The molecule has 17 heavy (non-hydrogen) atoms. The van der Waals surface area contributed by atoms with Crippen molar-refractivity contribution in [2.45, 2.75) is 18.9 Å². The smallest absolute Gasteiger partial charge is 0.270 e. The van der Waals surface area contributed by atoms with Gasteiger partial charge in [0.05, 0.1) is 6.10 Å². The molecule has 92 valence electrons. The van der Waals surface area contributed by atoms with Gasteiger partial charge < -0.3 is 20.7 Å². The molecule has 0 radical (unpaired) electrons. The number of nitrogens with zero attached hydrogens (tertiary/aromatic N) is 1. The number of fused-ring (bicyclic) bond motifs is 1. The first-order valence-corrected chi connectivity index (χ1v) is 6.06. The summed E-state index contributed by atoms with van der Waals surface area (Å²) in [7, 11) is 0. The maximum absolute atomic E-state index is 12.2. The molecule has 3 rings (SSSR count). The molecule has 2 heterocycles. The van der Waals surface area contributed by atoms with Crippen LogP contribution in [-0.2, 0) is 0 Å². The van der Waals surface area contributed by atoms with Crippen LogP contribution in [0.25, 0.3) is 0 Å². The van der Waals surface area contributed by atoms with Crippen LogP contribution in [-0.4, -0.2) is 40.1 Å². The number of H-pyrrole nitrogens is 1. The van der Waals surface area contributed by atoms with Gasteiger partial charge in [-0.1, -0.05) is 0 Å². The zero-order chi connectivity index (χ0) is 12.0. The van der Waals surface area contributed by atoms with Crippen LogP contribution in [0.3, 0.4) is 0 Å². The van der Waals surface area contributed by atoms with E-state index in [1.54, 1.807) is 12.3 Å². The number of likely N-dealkylation sites (tertiary alicyclic amines) is 1. The van der Waals surface area contributed by atoms with Crippen LogP contribution in [0.15, 0.2) is 12.3 Å². The Balaban J connectivity index is 1.73. The number of nitrogens with two attached hydrogens (primary N) is 1. The summed E-state index contributed by atoms with van der Waals surface area (Å²) in [5.41, 5.74) is 6.70. The Morgan fingerprint density at radius 2 is 2.29 bits per heavy atom. The standard InChI is InChI=1S/C12H17N3O2/c13-8-3-10(14-4-8)12(17)15-5-7-1-2-11(16)9(7)6-15/h3-4,7,9,11,14,16H,1-2,5-6,13H2. The third-order valence-corrected chi connectivity index (χ3v) is 4.04. The minimum atomic E-state index is -0.230. The summed E-state index contributed by atoms with van der Waals surface area (Å²) < 4.78 is 0. The van der Waals surface area contributed by atoms with Gasteiger partial charge in [-0.15, -0.1) is 0 Å². The van der Waals surface area contributed by atoms with Gasteiger partial charge in [-0.3, -0.25) is 4.79 Å². The number of aromatic nitrogens is 1. The Morgan fingerprint density at radius 1 is 1.47 bits per heavy atom. The fourth-order valence-corrected chi connectivity index (χ4v) is 3.11. The minimum absolute atomic E-state index is 0.0108. The van der Waals surface area contributed by atoms with E-state index in [4.69, 9.17) is 5.73 Å². The molecule has 1 aromatic rings.